The molecule has 1 unspecified atom stereocenters. The molecule has 0 spiro atoms. The molecular weight excluding hydrogens is 356 g/mol. The van der Waals surface area contributed by atoms with E-state index in [0.717, 1.165) is 24.2 Å². The van der Waals surface area contributed by atoms with E-state index in [9.17, 15) is 13.2 Å². The Morgan fingerprint density at radius 3 is 2.44 bits per heavy atom. The largest absolute Gasteiger partial charge is 0.355 e. The van der Waals surface area contributed by atoms with Crippen molar-refractivity contribution in [1.29, 1.82) is 0 Å². The molecule has 0 aliphatic rings. The molecule has 2 aromatic rings. The molecule has 0 saturated carbocycles. The maximum atomic E-state index is 12.4. The fourth-order valence-corrected chi connectivity index (χ4v) is 4.75. The summed E-state index contributed by atoms with van der Waals surface area (Å²) in [5.41, 5.74) is 1.22. The molecule has 1 atom stereocenters. The molecule has 1 aromatic heterocycles. The van der Waals surface area contributed by atoms with E-state index in [1.165, 1.54) is 11.6 Å². The standard InChI is InChI=1S/C18H24N2O3S2/c1-14(2)17(20-25(22,23)16-11-7-13-24-16)18(21)19-12-6-10-15-8-4-3-5-9-15/h3-5,7-9,11,13-14,17,20H,6,10,12H2,1-2H3,(H,19,21). The molecule has 1 heterocycles. The molecule has 0 radical (unpaired) electrons. The highest BCUT2D eigenvalue weighted by molar-refractivity contribution is 7.91. The summed E-state index contributed by atoms with van der Waals surface area (Å²) in [6.07, 6.45) is 1.67. The lowest BCUT2D eigenvalue weighted by atomic mass is 10.0. The number of carbonyl (C=O) groups is 1. The molecule has 2 rings (SSSR count). The Hall–Kier alpha value is -1.70. The molecule has 2 N–H and O–H groups in total. The van der Waals surface area contributed by atoms with E-state index in [-0.39, 0.29) is 16.0 Å². The molecule has 0 bridgehead atoms. The van der Waals surface area contributed by atoms with Crippen LogP contribution in [0.5, 0.6) is 0 Å². The van der Waals surface area contributed by atoms with Crippen molar-refractivity contribution in [2.24, 2.45) is 5.92 Å². The molecule has 0 aliphatic carbocycles. The monoisotopic (exact) mass is 380 g/mol. The highest BCUT2D eigenvalue weighted by Crippen LogP contribution is 2.17. The van der Waals surface area contributed by atoms with Crippen molar-refractivity contribution in [3.8, 4) is 0 Å². The fraction of sp³-hybridized carbons (Fsp3) is 0.389. The zero-order valence-corrected chi connectivity index (χ0v) is 16.1. The van der Waals surface area contributed by atoms with Gasteiger partial charge in [0.25, 0.3) is 10.0 Å². The Kier molecular flexibility index (Phi) is 7.16. The van der Waals surface area contributed by atoms with Crippen LogP contribution in [-0.2, 0) is 21.2 Å². The number of aryl methyl sites for hydroxylation is 1. The third-order valence-electron chi connectivity index (χ3n) is 3.78. The summed E-state index contributed by atoms with van der Waals surface area (Å²) in [6.45, 7) is 4.16. The number of rotatable bonds is 9. The van der Waals surface area contributed by atoms with Gasteiger partial charge in [-0.2, -0.15) is 4.72 Å². The van der Waals surface area contributed by atoms with Crippen molar-refractivity contribution in [3.05, 3.63) is 53.4 Å². The lowest BCUT2D eigenvalue weighted by Gasteiger charge is -2.21. The zero-order chi connectivity index (χ0) is 18.3. The van der Waals surface area contributed by atoms with Crippen molar-refractivity contribution in [3.63, 3.8) is 0 Å². The first-order valence-corrected chi connectivity index (χ1v) is 10.6. The first kappa shape index (κ1) is 19.6. The first-order valence-electron chi connectivity index (χ1n) is 8.27. The van der Waals surface area contributed by atoms with Crippen molar-refractivity contribution in [2.75, 3.05) is 6.54 Å². The van der Waals surface area contributed by atoms with Crippen molar-refractivity contribution >= 4 is 27.3 Å². The normalized spacial score (nSPS) is 12.9. The Balaban J connectivity index is 1.88. The fourth-order valence-electron chi connectivity index (χ4n) is 2.39. The second-order valence-electron chi connectivity index (χ2n) is 6.16. The van der Waals surface area contributed by atoms with E-state index in [1.807, 2.05) is 44.2 Å². The van der Waals surface area contributed by atoms with Gasteiger partial charge in [0.1, 0.15) is 10.3 Å². The van der Waals surface area contributed by atoms with Crippen LogP contribution in [0, 0.1) is 5.92 Å². The summed E-state index contributed by atoms with van der Waals surface area (Å²) in [7, 11) is -3.67. The number of carbonyl (C=O) groups excluding carboxylic acids is 1. The quantitative estimate of drug-likeness (QED) is 0.657. The average molecular weight is 381 g/mol. The van der Waals surface area contributed by atoms with E-state index < -0.39 is 16.1 Å². The third kappa shape index (κ3) is 5.95. The predicted molar refractivity (Wildman–Crippen MR) is 101 cm³/mol. The van der Waals surface area contributed by atoms with Crippen LogP contribution in [0.1, 0.15) is 25.8 Å². The predicted octanol–water partition coefficient (Wildman–Crippen LogP) is 2.80. The molecular formula is C18H24N2O3S2. The van der Waals surface area contributed by atoms with Gasteiger partial charge in [-0.15, -0.1) is 11.3 Å². The minimum absolute atomic E-state index is 0.149. The van der Waals surface area contributed by atoms with Crippen molar-refractivity contribution < 1.29 is 13.2 Å². The van der Waals surface area contributed by atoms with Crippen LogP contribution in [0.4, 0.5) is 0 Å². The molecule has 1 aromatic carbocycles. The van der Waals surface area contributed by atoms with Gasteiger partial charge in [-0.25, -0.2) is 8.42 Å². The van der Waals surface area contributed by atoms with Gasteiger partial charge in [0.2, 0.25) is 5.91 Å². The van der Waals surface area contributed by atoms with Crippen LogP contribution in [0.25, 0.3) is 0 Å². The van der Waals surface area contributed by atoms with Crippen molar-refractivity contribution in [1.82, 2.24) is 10.0 Å². The summed E-state index contributed by atoms with van der Waals surface area (Å²) in [5.74, 6) is -0.438. The molecule has 0 fully saturated rings. The third-order valence-corrected chi connectivity index (χ3v) is 6.61. The second-order valence-corrected chi connectivity index (χ2v) is 9.04. The van der Waals surface area contributed by atoms with Gasteiger partial charge in [0.15, 0.2) is 0 Å². The van der Waals surface area contributed by atoms with Crippen LogP contribution in [0.15, 0.2) is 52.1 Å². The summed E-state index contributed by atoms with van der Waals surface area (Å²) < 4.78 is 27.4. The number of hydrogen-bond acceptors (Lipinski definition) is 4. The molecule has 7 heteroatoms. The van der Waals surface area contributed by atoms with Gasteiger partial charge in [-0.3, -0.25) is 4.79 Å². The first-order chi connectivity index (χ1) is 11.9. The van der Waals surface area contributed by atoms with E-state index in [1.54, 1.807) is 11.4 Å². The average Bonchev–Trinajstić information content (AvgIpc) is 3.13. The van der Waals surface area contributed by atoms with Crippen LogP contribution >= 0.6 is 11.3 Å². The summed E-state index contributed by atoms with van der Waals surface area (Å²) in [4.78, 5) is 12.4. The maximum absolute atomic E-state index is 12.4. The lowest BCUT2D eigenvalue weighted by molar-refractivity contribution is -0.123. The van der Waals surface area contributed by atoms with Gasteiger partial charge >= 0.3 is 0 Å². The van der Waals surface area contributed by atoms with E-state index in [4.69, 9.17) is 0 Å². The minimum atomic E-state index is -3.67. The zero-order valence-electron chi connectivity index (χ0n) is 14.4. The number of sulfonamides is 1. The van der Waals surface area contributed by atoms with Crippen LogP contribution in [0.3, 0.4) is 0 Å². The molecule has 5 nitrogen and oxygen atoms in total. The molecule has 1 amide bonds. The Bertz CT molecular complexity index is 757. The smallest absolute Gasteiger partial charge is 0.250 e. The Morgan fingerprint density at radius 2 is 1.84 bits per heavy atom. The van der Waals surface area contributed by atoms with E-state index in [2.05, 4.69) is 10.0 Å². The highest BCUT2D eigenvalue weighted by Gasteiger charge is 2.28. The van der Waals surface area contributed by atoms with E-state index >= 15 is 0 Å². The Morgan fingerprint density at radius 1 is 1.12 bits per heavy atom. The topological polar surface area (TPSA) is 75.3 Å². The van der Waals surface area contributed by atoms with Gasteiger partial charge in [0.05, 0.1) is 0 Å². The SMILES string of the molecule is CC(C)C(NS(=O)(=O)c1cccs1)C(=O)NCCCc1ccccc1. The second kappa shape index (κ2) is 9.12. The Labute approximate surface area is 153 Å². The van der Waals surface area contributed by atoms with Gasteiger partial charge in [0, 0.05) is 6.54 Å². The lowest BCUT2D eigenvalue weighted by Crippen LogP contribution is -2.49. The van der Waals surface area contributed by atoms with Crippen LogP contribution in [0.2, 0.25) is 0 Å². The number of nitrogens with one attached hydrogen (secondary N) is 2. The molecule has 0 saturated heterocycles. The number of amides is 1. The van der Waals surface area contributed by atoms with Crippen LogP contribution in [-0.4, -0.2) is 26.9 Å². The van der Waals surface area contributed by atoms with E-state index in [0.29, 0.717) is 6.54 Å². The minimum Gasteiger partial charge on any atom is -0.355 e. The van der Waals surface area contributed by atoms with Gasteiger partial charge in [-0.1, -0.05) is 50.2 Å². The maximum Gasteiger partial charge on any atom is 0.250 e. The summed E-state index contributed by atoms with van der Waals surface area (Å²) in [6, 6.07) is 12.5. The van der Waals surface area contributed by atoms with Crippen molar-refractivity contribution in [2.45, 2.75) is 36.9 Å². The number of hydrogen-bond donors (Lipinski definition) is 2. The van der Waals surface area contributed by atoms with Gasteiger partial charge in [-0.05, 0) is 35.8 Å². The molecule has 0 aliphatic heterocycles. The highest BCUT2D eigenvalue weighted by atomic mass is 32.2. The summed E-state index contributed by atoms with van der Waals surface area (Å²) in [5, 5.41) is 4.54. The number of thiophene rings is 1. The molecule has 25 heavy (non-hydrogen) atoms. The summed E-state index contributed by atoms with van der Waals surface area (Å²) >= 11 is 1.13. The van der Waals surface area contributed by atoms with Crippen LogP contribution < -0.4 is 10.0 Å². The molecule has 136 valence electrons. The van der Waals surface area contributed by atoms with Gasteiger partial charge < -0.3 is 5.32 Å². The number of benzene rings is 1.